The number of alkyl halides is 6. The zero-order valence-corrected chi connectivity index (χ0v) is 21.8. The summed E-state index contributed by atoms with van der Waals surface area (Å²) in [5.74, 6) is -0.232. The number of anilines is 2. The first-order valence-electron chi connectivity index (χ1n) is 13.0. The summed E-state index contributed by atoms with van der Waals surface area (Å²) >= 11 is 0. The van der Waals surface area contributed by atoms with Gasteiger partial charge in [0, 0.05) is 43.6 Å². The maximum absolute atomic E-state index is 13.3. The Labute approximate surface area is 231 Å². The van der Waals surface area contributed by atoms with Crippen molar-refractivity contribution in [3.8, 4) is 6.07 Å². The van der Waals surface area contributed by atoms with Gasteiger partial charge >= 0.3 is 12.4 Å². The lowest BCUT2D eigenvalue weighted by atomic mass is 9.92. The average Bonchev–Trinajstić information content (AvgIpc) is 2.95. The number of rotatable bonds is 7. The number of hydrogen-bond acceptors (Lipinski definition) is 7. The van der Waals surface area contributed by atoms with Crippen molar-refractivity contribution in [2.24, 2.45) is 5.18 Å². The Morgan fingerprint density at radius 3 is 2.20 bits per heavy atom. The predicted molar refractivity (Wildman–Crippen MR) is 137 cm³/mol. The lowest BCUT2D eigenvalue weighted by Gasteiger charge is -2.37. The Hall–Kier alpha value is -3.86. The first kappa shape index (κ1) is 30.1. The van der Waals surface area contributed by atoms with Crippen LogP contribution in [0.1, 0.15) is 42.4 Å². The van der Waals surface area contributed by atoms with Crippen molar-refractivity contribution in [1.29, 1.82) is 5.26 Å². The van der Waals surface area contributed by atoms with Gasteiger partial charge in [0.25, 0.3) is 0 Å². The summed E-state index contributed by atoms with van der Waals surface area (Å²) in [5, 5.41) is 14.5. The van der Waals surface area contributed by atoms with Gasteiger partial charge in [-0.05, 0) is 67.3 Å². The van der Waals surface area contributed by atoms with E-state index in [0.29, 0.717) is 57.5 Å². The van der Waals surface area contributed by atoms with E-state index in [2.05, 4.69) is 10.5 Å². The fourth-order valence-electron chi connectivity index (χ4n) is 5.10. The van der Waals surface area contributed by atoms with Crippen LogP contribution in [0.15, 0.2) is 41.6 Å². The second-order valence-corrected chi connectivity index (χ2v) is 9.96. The van der Waals surface area contributed by atoms with Crippen LogP contribution in [-0.2, 0) is 21.9 Å². The molecular weight excluding hydrogens is 556 g/mol. The topological polar surface area (TPSA) is 98.0 Å². The molecule has 0 spiro atoms. The monoisotopic (exact) mass is 583 g/mol. The van der Waals surface area contributed by atoms with Gasteiger partial charge in [0.05, 0.1) is 28.9 Å². The molecule has 1 aliphatic heterocycles. The van der Waals surface area contributed by atoms with Crippen molar-refractivity contribution in [2.75, 3.05) is 43.0 Å². The number of carbonyl (C=O) groups excluding carboxylic acids is 1. The van der Waals surface area contributed by atoms with Crippen LogP contribution in [0, 0.1) is 16.2 Å². The fourth-order valence-corrected chi connectivity index (χ4v) is 5.10. The van der Waals surface area contributed by atoms with Gasteiger partial charge in [0.15, 0.2) is 0 Å². The molecule has 2 aliphatic rings. The lowest BCUT2D eigenvalue weighted by Crippen LogP contribution is -2.50. The van der Waals surface area contributed by atoms with E-state index in [1.54, 1.807) is 15.9 Å². The molecule has 1 saturated heterocycles. The molecule has 0 radical (unpaired) electrons. The third-order valence-electron chi connectivity index (χ3n) is 7.31. The van der Waals surface area contributed by atoms with Crippen LogP contribution < -0.4 is 10.2 Å². The van der Waals surface area contributed by atoms with E-state index in [9.17, 15) is 36.0 Å². The van der Waals surface area contributed by atoms with Gasteiger partial charge in [-0.2, -0.15) is 31.6 Å². The molecule has 2 fully saturated rings. The Kier molecular flexibility index (Phi) is 9.06. The molecule has 2 aromatic rings. The number of nitroso groups, excluding NO2 is 1. The highest BCUT2D eigenvalue weighted by molar-refractivity contribution is 5.77. The highest BCUT2D eigenvalue weighted by Gasteiger charge is 2.36. The van der Waals surface area contributed by atoms with Crippen molar-refractivity contribution in [2.45, 2.75) is 50.2 Å². The van der Waals surface area contributed by atoms with Crippen LogP contribution in [0.3, 0.4) is 0 Å². The fraction of sp³-hybridized carbons (Fsp3) is 0.481. The van der Waals surface area contributed by atoms with E-state index in [1.165, 1.54) is 12.1 Å². The second kappa shape index (κ2) is 12.3. The summed E-state index contributed by atoms with van der Waals surface area (Å²) in [6.07, 6.45) is -7.13. The molecule has 1 saturated carbocycles. The van der Waals surface area contributed by atoms with Gasteiger partial charge in [-0.3, -0.25) is 4.79 Å². The van der Waals surface area contributed by atoms with Gasteiger partial charge < -0.3 is 19.9 Å². The molecule has 1 heterocycles. The summed E-state index contributed by atoms with van der Waals surface area (Å²) in [4.78, 5) is 26.7. The van der Waals surface area contributed by atoms with Crippen LogP contribution >= 0.6 is 0 Å². The summed E-state index contributed by atoms with van der Waals surface area (Å²) in [6.45, 7) is 1.11. The van der Waals surface area contributed by atoms with Crippen molar-refractivity contribution in [1.82, 2.24) is 4.90 Å². The van der Waals surface area contributed by atoms with Crippen molar-refractivity contribution < 1.29 is 35.9 Å². The summed E-state index contributed by atoms with van der Waals surface area (Å²) in [7, 11) is 0. The van der Waals surface area contributed by atoms with Crippen LogP contribution in [-0.4, -0.2) is 55.7 Å². The third-order valence-corrected chi connectivity index (χ3v) is 7.31. The number of nitriles is 1. The smallest absolute Gasteiger partial charge is 0.382 e. The minimum Gasteiger partial charge on any atom is -0.382 e. The number of hydrogen-bond donors (Lipinski definition) is 1. The molecule has 1 aliphatic carbocycles. The number of nitrogens with one attached hydrogen (secondary N) is 1. The quantitative estimate of drug-likeness (QED) is 0.313. The Morgan fingerprint density at radius 1 is 0.951 bits per heavy atom. The molecule has 1 N–H and O–H groups in total. The average molecular weight is 584 g/mol. The van der Waals surface area contributed by atoms with E-state index in [-0.39, 0.29) is 30.3 Å². The maximum atomic E-state index is 13.3. The van der Waals surface area contributed by atoms with Gasteiger partial charge in [0.2, 0.25) is 5.91 Å². The van der Waals surface area contributed by atoms with E-state index in [4.69, 9.17) is 10.00 Å². The van der Waals surface area contributed by atoms with Gasteiger partial charge in [0.1, 0.15) is 12.3 Å². The van der Waals surface area contributed by atoms with E-state index in [1.807, 2.05) is 0 Å². The number of amides is 1. The lowest BCUT2D eigenvalue weighted by molar-refractivity contribution is -0.139. The molecule has 2 aromatic carbocycles. The van der Waals surface area contributed by atoms with Crippen molar-refractivity contribution in [3.05, 3.63) is 58.0 Å². The number of halogens is 6. The van der Waals surface area contributed by atoms with Gasteiger partial charge in [-0.25, -0.2) is 0 Å². The molecule has 4 rings (SSSR count). The van der Waals surface area contributed by atoms with Gasteiger partial charge in [-0.15, -0.1) is 4.91 Å². The molecule has 220 valence electrons. The Bertz CT molecular complexity index is 1290. The van der Waals surface area contributed by atoms with Crippen LogP contribution in [0.25, 0.3) is 0 Å². The third kappa shape index (κ3) is 7.46. The largest absolute Gasteiger partial charge is 0.418 e. The first-order valence-corrected chi connectivity index (χ1v) is 13.0. The highest BCUT2D eigenvalue weighted by Crippen LogP contribution is 2.38. The first-order chi connectivity index (χ1) is 19.4. The normalized spacial score (nSPS) is 19.9. The molecule has 41 heavy (non-hydrogen) atoms. The summed E-state index contributed by atoms with van der Waals surface area (Å²) in [5.41, 5.74) is -2.64. The van der Waals surface area contributed by atoms with Crippen LogP contribution in [0.4, 0.5) is 43.4 Å². The zero-order chi connectivity index (χ0) is 29.8. The Balaban J connectivity index is 1.22. The second-order valence-electron chi connectivity index (χ2n) is 9.96. The molecular formula is C27H27F6N5O3. The van der Waals surface area contributed by atoms with Crippen molar-refractivity contribution in [3.63, 3.8) is 0 Å². The van der Waals surface area contributed by atoms with Crippen LogP contribution in [0.2, 0.25) is 0 Å². The molecule has 1 amide bonds. The number of nitrogens with zero attached hydrogens (tertiary/aromatic N) is 4. The molecule has 0 aromatic heterocycles. The molecule has 14 heteroatoms. The molecule has 0 atom stereocenters. The minimum absolute atomic E-state index is 0.102. The predicted octanol–water partition coefficient (Wildman–Crippen LogP) is 6.08. The minimum atomic E-state index is -4.70. The standard InChI is InChI=1S/C27H27F6N5O3/c28-26(29,30)22-14-20(5-1-17(22)15-34)37-9-11-38(12-10-37)25(39)16-41-21-6-2-18(3-7-21)35-19-4-8-24(36-40)23(13-19)27(31,32)33/h1,4-5,8,13-14,18,21,35H,2-3,6-7,9-12,16H2. The summed E-state index contributed by atoms with van der Waals surface area (Å²) < 4.78 is 85.2. The van der Waals surface area contributed by atoms with Crippen molar-refractivity contribution >= 4 is 23.0 Å². The van der Waals surface area contributed by atoms with Gasteiger partial charge in [-0.1, -0.05) is 0 Å². The van der Waals surface area contributed by atoms with E-state index in [0.717, 1.165) is 24.3 Å². The number of ether oxygens (including phenoxy) is 1. The summed E-state index contributed by atoms with van der Waals surface area (Å²) in [6, 6.07) is 8.30. The zero-order valence-electron chi connectivity index (χ0n) is 21.8. The van der Waals surface area contributed by atoms with E-state index >= 15 is 0 Å². The highest BCUT2D eigenvalue weighted by atomic mass is 19.4. The van der Waals surface area contributed by atoms with Crippen LogP contribution in [0.5, 0.6) is 0 Å². The molecule has 0 bridgehead atoms. The number of piperazine rings is 1. The molecule has 8 nitrogen and oxygen atoms in total. The SMILES string of the molecule is N#Cc1ccc(N2CCN(C(=O)COC3CCC(Nc4ccc(N=O)c(C(F)(F)F)c4)CC3)CC2)cc1C(F)(F)F. The maximum Gasteiger partial charge on any atom is 0.418 e. The molecule has 0 unspecified atom stereocenters. The Morgan fingerprint density at radius 2 is 1.61 bits per heavy atom. The van der Waals surface area contributed by atoms with E-state index < -0.39 is 34.7 Å². The number of carbonyl (C=O) groups is 1. The number of benzene rings is 2.